The number of hydrogen-bond donors (Lipinski definition) is 0. The van der Waals surface area contributed by atoms with Crippen molar-refractivity contribution < 1.29 is 27.5 Å². The molecule has 0 bridgehead atoms. The van der Waals surface area contributed by atoms with Crippen molar-refractivity contribution in [1.29, 1.82) is 0 Å². The van der Waals surface area contributed by atoms with E-state index in [0.29, 0.717) is 38.9 Å². The Morgan fingerprint density at radius 3 is 1.89 bits per heavy atom. The van der Waals surface area contributed by atoms with Gasteiger partial charge in [0.15, 0.2) is 0 Å². The summed E-state index contributed by atoms with van der Waals surface area (Å²) in [7, 11) is 2.70. The fraction of sp³-hybridized carbons (Fsp3) is 1.00. The molecule has 0 spiro atoms. The van der Waals surface area contributed by atoms with Gasteiger partial charge in [0.05, 0.1) is 39.1 Å². The van der Waals surface area contributed by atoms with Crippen molar-refractivity contribution >= 4 is 21.1 Å². The van der Waals surface area contributed by atoms with E-state index in [4.69, 9.17) is 39.1 Å². The number of halogens is 1. The zero-order chi connectivity index (χ0) is 14.3. The highest BCUT2D eigenvalue weighted by Gasteiger charge is 2.18. The molecule has 0 aliphatic rings. The van der Waals surface area contributed by atoms with E-state index in [9.17, 15) is 0 Å². The van der Waals surface area contributed by atoms with Crippen molar-refractivity contribution in [2.24, 2.45) is 0 Å². The van der Waals surface area contributed by atoms with Crippen LogP contribution in [-0.2, 0) is 27.5 Å². The van der Waals surface area contributed by atoms with E-state index in [1.165, 1.54) is 0 Å². The molecule has 0 rings (SSSR count). The molecule has 1 unspecified atom stereocenters. The molecule has 0 saturated heterocycles. The molecule has 0 heterocycles. The van der Waals surface area contributed by atoms with E-state index in [1.807, 2.05) is 0 Å². The van der Waals surface area contributed by atoms with Gasteiger partial charge in [0.25, 0.3) is 0 Å². The molecule has 1 atom stereocenters. The average molecular weight is 317 g/mol. The Morgan fingerprint density at radius 1 is 0.895 bits per heavy atom. The second-order valence-corrected chi connectivity index (χ2v) is 5.64. The highest BCUT2D eigenvalue weighted by atomic mass is 35.5. The molecule has 0 saturated carbocycles. The van der Waals surface area contributed by atoms with Gasteiger partial charge in [-0.1, -0.05) is 0 Å². The van der Waals surface area contributed by atoms with Crippen molar-refractivity contribution in [1.82, 2.24) is 0 Å². The summed E-state index contributed by atoms with van der Waals surface area (Å²) in [6, 6.07) is 0. The van der Waals surface area contributed by atoms with E-state index < -0.39 is 9.53 Å². The number of rotatable bonds is 14. The molecular weight excluding hydrogens is 292 g/mol. The van der Waals surface area contributed by atoms with Gasteiger partial charge in [0, 0.05) is 27.2 Å². The molecule has 8 heteroatoms. The van der Waals surface area contributed by atoms with Gasteiger partial charge >= 0.3 is 9.53 Å². The summed E-state index contributed by atoms with van der Waals surface area (Å²) in [5.41, 5.74) is 0. The molecule has 0 N–H and O–H groups in total. The molecule has 0 aliphatic carbocycles. The molecule has 0 radical (unpaired) electrons. The number of ether oxygens (including phenoxy) is 3. The van der Waals surface area contributed by atoms with Crippen LogP contribution in [-0.4, -0.2) is 75.9 Å². The highest BCUT2D eigenvalue weighted by Crippen LogP contribution is 2.02. The Bertz CT molecular complexity index is 179. The predicted octanol–water partition coefficient (Wildman–Crippen LogP) is 0.690. The van der Waals surface area contributed by atoms with Crippen LogP contribution in [0.4, 0.5) is 0 Å². The van der Waals surface area contributed by atoms with E-state index in [-0.39, 0.29) is 6.10 Å². The first-order chi connectivity index (χ1) is 9.28. The van der Waals surface area contributed by atoms with Crippen LogP contribution in [0.5, 0.6) is 0 Å². The quantitative estimate of drug-likeness (QED) is 0.267. The van der Waals surface area contributed by atoms with Crippen LogP contribution in [0, 0.1) is 0 Å². The third-order valence-corrected chi connectivity index (χ3v) is 3.96. The van der Waals surface area contributed by atoms with Crippen LogP contribution >= 0.6 is 11.6 Å². The fourth-order valence-electron chi connectivity index (χ4n) is 1.18. The first kappa shape index (κ1) is 19.3. The summed E-state index contributed by atoms with van der Waals surface area (Å²) < 4.78 is 31.8. The fourth-order valence-corrected chi connectivity index (χ4v) is 2.66. The standard InChI is InChI=1S/C11H25ClO6Si/c1-13-6-8-16-19(17-9-7-14-2)18-10-11(15-3)4-5-12/h11,19H,4-10H2,1-3H3. The summed E-state index contributed by atoms with van der Waals surface area (Å²) in [4.78, 5) is 0. The van der Waals surface area contributed by atoms with Gasteiger partial charge in [-0.2, -0.15) is 0 Å². The minimum Gasteiger partial charge on any atom is -0.382 e. The maximum Gasteiger partial charge on any atom is 0.484 e. The summed E-state index contributed by atoms with van der Waals surface area (Å²) in [6.07, 6.45) is 0.694. The maximum absolute atomic E-state index is 5.68. The Morgan fingerprint density at radius 2 is 1.47 bits per heavy atom. The van der Waals surface area contributed by atoms with E-state index >= 15 is 0 Å². The Hall–Kier alpha value is 0.267. The molecule has 0 aromatic rings. The lowest BCUT2D eigenvalue weighted by Gasteiger charge is -2.20. The third kappa shape index (κ3) is 11.8. The number of hydrogen-bond acceptors (Lipinski definition) is 6. The first-order valence-electron chi connectivity index (χ1n) is 6.19. The Kier molecular flexibility index (Phi) is 14.9. The van der Waals surface area contributed by atoms with Crippen LogP contribution in [0.1, 0.15) is 6.42 Å². The molecular formula is C11H25ClO6Si. The largest absolute Gasteiger partial charge is 0.484 e. The Labute approximate surface area is 122 Å². The first-order valence-corrected chi connectivity index (χ1v) is 8.14. The lowest BCUT2D eigenvalue weighted by atomic mass is 10.3. The van der Waals surface area contributed by atoms with Crippen LogP contribution in [0.3, 0.4) is 0 Å². The average Bonchev–Trinajstić information content (AvgIpc) is 2.43. The molecule has 0 amide bonds. The van der Waals surface area contributed by atoms with Gasteiger partial charge in [0.2, 0.25) is 0 Å². The van der Waals surface area contributed by atoms with Gasteiger partial charge in [0.1, 0.15) is 0 Å². The van der Waals surface area contributed by atoms with Crippen LogP contribution in [0.15, 0.2) is 0 Å². The van der Waals surface area contributed by atoms with Gasteiger partial charge in [-0.05, 0) is 6.42 Å². The van der Waals surface area contributed by atoms with Crippen LogP contribution < -0.4 is 0 Å². The monoisotopic (exact) mass is 316 g/mol. The van der Waals surface area contributed by atoms with Gasteiger partial charge < -0.3 is 27.5 Å². The molecule has 0 fully saturated rings. The summed E-state index contributed by atoms with van der Waals surface area (Å²) in [5.74, 6) is 0.531. The minimum atomic E-state index is -2.18. The zero-order valence-corrected chi connectivity index (χ0v) is 13.8. The summed E-state index contributed by atoms with van der Waals surface area (Å²) >= 11 is 5.68. The normalized spacial score (nSPS) is 13.1. The zero-order valence-electron chi connectivity index (χ0n) is 11.9. The summed E-state index contributed by atoms with van der Waals surface area (Å²) in [6.45, 7) is 2.34. The third-order valence-electron chi connectivity index (χ3n) is 2.27. The van der Waals surface area contributed by atoms with Crippen molar-refractivity contribution in [3.63, 3.8) is 0 Å². The lowest BCUT2D eigenvalue weighted by molar-refractivity contribution is 0.00846. The smallest absolute Gasteiger partial charge is 0.382 e. The molecule has 0 aromatic carbocycles. The molecule has 19 heavy (non-hydrogen) atoms. The van der Waals surface area contributed by atoms with Crippen molar-refractivity contribution in [2.75, 3.05) is 60.2 Å². The van der Waals surface area contributed by atoms with Gasteiger partial charge in [-0.25, -0.2) is 0 Å². The number of alkyl halides is 1. The topological polar surface area (TPSA) is 55.4 Å². The minimum absolute atomic E-state index is 0.0375. The second kappa shape index (κ2) is 14.7. The molecule has 6 nitrogen and oxygen atoms in total. The highest BCUT2D eigenvalue weighted by molar-refractivity contribution is 6.36. The van der Waals surface area contributed by atoms with Crippen LogP contribution in [0.25, 0.3) is 0 Å². The number of methoxy groups -OCH3 is 3. The van der Waals surface area contributed by atoms with Crippen molar-refractivity contribution in [3.05, 3.63) is 0 Å². The lowest BCUT2D eigenvalue weighted by Crippen LogP contribution is -2.33. The van der Waals surface area contributed by atoms with Gasteiger partial charge in [-0.3, -0.25) is 0 Å². The maximum atomic E-state index is 5.68. The SMILES string of the molecule is COCCO[SiH](OCCOC)OCC(CCCl)OC. The van der Waals surface area contributed by atoms with Crippen LogP contribution in [0.2, 0.25) is 0 Å². The van der Waals surface area contributed by atoms with E-state index in [1.54, 1.807) is 21.3 Å². The van der Waals surface area contributed by atoms with E-state index in [0.717, 1.165) is 6.42 Å². The van der Waals surface area contributed by atoms with Crippen molar-refractivity contribution in [2.45, 2.75) is 12.5 Å². The Balaban J connectivity index is 3.93. The molecule has 0 aliphatic heterocycles. The van der Waals surface area contributed by atoms with Crippen molar-refractivity contribution in [3.8, 4) is 0 Å². The summed E-state index contributed by atoms with van der Waals surface area (Å²) in [5, 5.41) is 0. The molecule has 0 aromatic heterocycles. The van der Waals surface area contributed by atoms with E-state index in [2.05, 4.69) is 0 Å². The van der Waals surface area contributed by atoms with Gasteiger partial charge in [-0.15, -0.1) is 11.6 Å². The second-order valence-electron chi connectivity index (χ2n) is 3.68. The predicted molar refractivity (Wildman–Crippen MR) is 74.9 cm³/mol. The molecule has 116 valence electrons.